The first kappa shape index (κ1) is 14.7. The van der Waals surface area contributed by atoms with Crippen LogP contribution in [0.1, 0.15) is 17.0 Å². The van der Waals surface area contributed by atoms with E-state index in [-0.39, 0.29) is 0 Å². The van der Waals surface area contributed by atoms with Gasteiger partial charge in [0.1, 0.15) is 13.2 Å². The van der Waals surface area contributed by atoms with Gasteiger partial charge >= 0.3 is 5.97 Å². The molecular weight excluding hydrogens is 304 g/mol. The maximum Gasteiger partial charge on any atom is 0.311 e. The minimum absolute atomic E-state index is 0.371. The molecule has 0 radical (unpaired) electrons. The molecule has 2 aromatic rings. The number of carbonyl (C=O) groups is 1. The van der Waals surface area contributed by atoms with Gasteiger partial charge in [0.15, 0.2) is 11.5 Å². The van der Waals surface area contributed by atoms with E-state index < -0.39 is 11.9 Å². The van der Waals surface area contributed by atoms with E-state index in [0.29, 0.717) is 41.7 Å². The first-order chi connectivity index (χ1) is 10.6. The van der Waals surface area contributed by atoms with Crippen LogP contribution in [0.4, 0.5) is 0 Å². The van der Waals surface area contributed by atoms with Crippen molar-refractivity contribution in [1.82, 2.24) is 0 Å². The molecule has 1 heterocycles. The SMILES string of the molecule is O=C(O)C(Cc1cccc(Cl)c1)c1ccc2c(c1)OCCO2. The lowest BCUT2D eigenvalue weighted by molar-refractivity contribution is -0.138. The van der Waals surface area contributed by atoms with Gasteiger partial charge in [0.2, 0.25) is 0 Å². The third-order valence-electron chi connectivity index (χ3n) is 3.60. The summed E-state index contributed by atoms with van der Waals surface area (Å²) in [6.07, 6.45) is 0.371. The van der Waals surface area contributed by atoms with Crippen molar-refractivity contribution in [2.24, 2.45) is 0 Å². The first-order valence-corrected chi connectivity index (χ1v) is 7.38. The number of halogens is 1. The fraction of sp³-hybridized carbons (Fsp3) is 0.235. The van der Waals surface area contributed by atoms with Crippen LogP contribution in [-0.4, -0.2) is 24.3 Å². The molecule has 1 unspecified atom stereocenters. The van der Waals surface area contributed by atoms with E-state index in [1.165, 1.54) is 0 Å². The summed E-state index contributed by atoms with van der Waals surface area (Å²) in [5.41, 5.74) is 1.58. The summed E-state index contributed by atoms with van der Waals surface area (Å²) in [4.78, 5) is 11.7. The van der Waals surface area contributed by atoms with Crippen LogP contribution in [0.5, 0.6) is 11.5 Å². The molecule has 0 spiro atoms. The first-order valence-electron chi connectivity index (χ1n) is 7.00. The quantitative estimate of drug-likeness (QED) is 0.937. The average Bonchev–Trinajstić information content (AvgIpc) is 2.52. The highest BCUT2D eigenvalue weighted by Crippen LogP contribution is 2.34. The van der Waals surface area contributed by atoms with Gasteiger partial charge < -0.3 is 14.6 Å². The molecule has 0 saturated heterocycles. The van der Waals surface area contributed by atoms with Gasteiger partial charge in [0, 0.05) is 5.02 Å². The number of benzene rings is 2. The van der Waals surface area contributed by atoms with Crippen molar-refractivity contribution in [3.63, 3.8) is 0 Å². The van der Waals surface area contributed by atoms with Gasteiger partial charge in [-0.25, -0.2) is 0 Å². The van der Waals surface area contributed by atoms with E-state index in [0.717, 1.165) is 5.56 Å². The average molecular weight is 319 g/mol. The van der Waals surface area contributed by atoms with E-state index in [1.54, 1.807) is 30.3 Å². The lowest BCUT2D eigenvalue weighted by atomic mass is 9.92. The van der Waals surface area contributed by atoms with Crippen molar-refractivity contribution in [2.75, 3.05) is 13.2 Å². The molecule has 0 bridgehead atoms. The van der Waals surface area contributed by atoms with Gasteiger partial charge in [-0.05, 0) is 41.8 Å². The van der Waals surface area contributed by atoms with Gasteiger partial charge in [0.25, 0.3) is 0 Å². The van der Waals surface area contributed by atoms with Crippen LogP contribution in [0.3, 0.4) is 0 Å². The summed E-state index contributed by atoms with van der Waals surface area (Å²) in [5.74, 6) is -0.283. The van der Waals surface area contributed by atoms with E-state index in [2.05, 4.69) is 0 Å². The Bertz CT molecular complexity index is 699. The van der Waals surface area contributed by atoms with Gasteiger partial charge in [-0.3, -0.25) is 4.79 Å². The number of hydrogen-bond donors (Lipinski definition) is 1. The largest absolute Gasteiger partial charge is 0.486 e. The molecule has 0 amide bonds. The van der Waals surface area contributed by atoms with Crippen molar-refractivity contribution in [3.8, 4) is 11.5 Å². The topological polar surface area (TPSA) is 55.8 Å². The molecule has 1 aliphatic heterocycles. The number of fused-ring (bicyclic) bond motifs is 1. The molecule has 1 N–H and O–H groups in total. The standard InChI is InChI=1S/C17H15ClO4/c18-13-3-1-2-11(8-13)9-14(17(19)20)12-4-5-15-16(10-12)22-7-6-21-15/h1-5,8,10,14H,6-7,9H2,(H,19,20). The lowest BCUT2D eigenvalue weighted by Crippen LogP contribution is -2.18. The monoisotopic (exact) mass is 318 g/mol. The number of rotatable bonds is 4. The molecule has 22 heavy (non-hydrogen) atoms. The minimum Gasteiger partial charge on any atom is -0.486 e. The van der Waals surface area contributed by atoms with Crippen molar-refractivity contribution in [3.05, 3.63) is 58.6 Å². The third kappa shape index (κ3) is 3.17. The molecule has 114 valence electrons. The zero-order valence-electron chi connectivity index (χ0n) is 11.8. The minimum atomic E-state index is -0.878. The summed E-state index contributed by atoms with van der Waals surface area (Å²) < 4.78 is 11.0. The molecule has 0 aliphatic carbocycles. The highest BCUT2D eigenvalue weighted by Gasteiger charge is 2.23. The van der Waals surface area contributed by atoms with Crippen molar-refractivity contribution < 1.29 is 19.4 Å². The van der Waals surface area contributed by atoms with E-state index >= 15 is 0 Å². The molecule has 5 heteroatoms. The Morgan fingerprint density at radius 1 is 1.14 bits per heavy atom. The second-order valence-corrected chi connectivity index (χ2v) is 5.56. The Balaban J connectivity index is 1.89. The molecule has 0 saturated carbocycles. The normalized spacial score (nSPS) is 14.4. The van der Waals surface area contributed by atoms with Gasteiger partial charge in [-0.2, -0.15) is 0 Å². The summed E-state index contributed by atoms with van der Waals surface area (Å²) >= 11 is 5.96. The second kappa shape index (κ2) is 6.28. The van der Waals surface area contributed by atoms with Crippen LogP contribution in [-0.2, 0) is 11.2 Å². The molecule has 4 nitrogen and oxygen atoms in total. The zero-order chi connectivity index (χ0) is 15.5. The molecular formula is C17H15ClO4. The smallest absolute Gasteiger partial charge is 0.311 e. The van der Waals surface area contributed by atoms with Crippen molar-refractivity contribution >= 4 is 17.6 Å². The molecule has 2 aromatic carbocycles. The number of carboxylic acids is 1. The lowest BCUT2D eigenvalue weighted by Gasteiger charge is -2.20. The predicted octanol–water partition coefficient (Wildman–Crippen LogP) is 3.52. The van der Waals surface area contributed by atoms with E-state index in [1.807, 2.05) is 12.1 Å². The van der Waals surface area contributed by atoms with Gasteiger partial charge in [-0.15, -0.1) is 0 Å². The Morgan fingerprint density at radius 3 is 2.64 bits per heavy atom. The number of carboxylic acid groups (broad SMARTS) is 1. The fourth-order valence-electron chi connectivity index (χ4n) is 2.52. The maximum absolute atomic E-state index is 11.7. The Kier molecular flexibility index (Phi) is 4.20. The number of ether oxygens (including phenoxy) is 2. The van der Waals surface area contributed by atoms with Crippen LogP contribution in [0.15, 0.2) is 42.5 Å². The number of aliphatic carboxylic acids is 1. The Hall–Kier alpha value is -2.20. The highest BCUT2D eigenvalue weighted by molar-refractivity contribution is 6.30. The maximum atomic E-state index is 11.7. The Labute approximate surface area is 133 Å². The van der Waals surface area contributed by atoms with Crippen molar-refractivity contribution in [2.45, 2.75) is 12.3 Å². The third-order valence-corrected chi connectivity index (χ3v) is 3.83. The van der Waals surface area contributed by atoms with E-state index in [9.17, 15) is 9.90 Å². The highest BCUT2D eigenvalue weighted by atomic mass is 35.5. The molecule has 3 rings (SSSR count). The molecule has 1 aliphatic rings. The van der Waals surface area contributed by atoms with Crippen LogP contribution >= 0.6 is 11.6 Å². The predicted molar refractivity (Wildman–Crippen MR) is 83.0 cm³/mol. The molecule has 0 fully saturated rings. The molecule has 0 aromatic heterocycles. The number of hydrogen-bond acceptors (Lipinski definition) is 3. The van der Waals surface area contributed by atoms with E-state index in [4.69, 9.17) is 21.1 Å². The van der Waals surface area contributed by atoms with Crippen LogP contribution in [0.25, 0.3) is 0 Å². The van der Waals surface area contributed by atoms with Crippen LogP contribution < -0.4 is 9.47 Å². The molecule has 1 atom stereocenters. The van der Waals surface area contributed by atoms with Crippen LogP contribution in [0.2, 0.25) is 5.02 Å². The summed E-state index contributed by atoms with van der Waals surface area (Å²) in [7, 11) is 0. The van der Waals surface area contributed by atoms with Gasteiger partial charge in [-0.1, -0.05) is 29.8 Å². The van der Waals surface area contributed by atoms with Crippen molar-refractivity contribution in [1.29, 1.82) is 0 Å². The summed E-state index contributed by atoms with van der Waals surface area (Å²) in [6, 6.07) is 12.5. The Morgan fingerprint density at radius 2 is 1.91 bits per heavy atom. The zero-order valence-corrected chi connectivity index (χ0v) is 12.5. The summed E-state index contributed by atoms with van der Waals surface area (Å²) in [5, 5.41) is 10.2. The van der Waals surface area contributed by atoms with Gasteiger partial charge in [0.05, 0.1) is 5.92 Å². The second-order valence-electron chi connectivity index (χ2n) is 5.13. The van der Waals surface area contributed by atoms with Crippen LogP contribution in [0, 0.1) is 0 Å². The summed E-state index contributed by atoms with van der Waals surface area (Å²) in [6.45, 7) is 0.986. The fourth-order valence-corrected chi connectivity index (χ4v) is 2.74.